The van der Waals surface area contributed by atoms with Crippen LogP contribution in [0.25, 0.3) is 0 Å². The lowest BCUT2D eigenvalue weighted by atomic mass is 10.2. The minimum atomic E-state index is 0.287. The zero-order valence-electron chi connectivity index (χ0n) is 14.2. The molecule has 7 nitrogen and oxygen atoms in total. The van der Waals surface area contributed by atoms with Crippen molar-refractivity contribution in [2.45, 2.75) is 39.2 Å². The molecule has 23 heavy (non-hydrogen) atoms. The van der Waals surface area contributed by atoms with Gasteiger partial charge in [0.05, 0.1) is 13.1 Å². The van der Waals surface area contributed by atoms with E-state index in [1.165, 1.54) is 0 Å². The molecule has 0 saturated carbocycles. The van der Waals surface area contributed by atoms with Gasteiger partial charge in [0.25, 0.3) is 0 Å². The summed E-state index contributed by atoms with van der Waals surface area (Å²) in [5.74, 6) is 2.04. The molecule has 128 valence electrons. The summed E-state index contributed by atoms with van der Waals surface area (Å²) in [6.45, 7) is 11.0. The molecule has 7 heteroatoms. The Labute approximate surface area is 137 Å². The van der Waals surface area contributed by atoms with Crippen molar-refractivity contribution in [3.8, 4) is 0 Å². The maximum atomic E-state index is 12.2. The molecule has 0 unspecified atom stereocenters. The lowest BCUT2D eigenvalue weighted by molar-refractivity contribution is -0.131. The normalized spacial score (nSPS) is 20.6. The molecule has 0 N–H and O–H groups in total. The lowest BCUT2D eigenvalue weighted by Crippen LogP contribution is -2.49. The average molecular weight is 321 g/mol. The van der Waals surface area contributed by atoms with Gasteiger partial charge in [-0.05, 0) is 12.8 Å². The highest BCUT2D eigenvalue weighted by molar-refractivity contribution is 5.78. The van der Waals surface area contributed by atoms with Gasteiger partial charge in [-0.1, -0.05) is 19.0 Å². The fourth-order valence-corrected chi connectivity index (χ4v) is 3.12. The Morgan fingerprint density at radius 2 is 1.74 bits per heavy atom. The van der Waals surface area contributed by atoms with Gasteiger partial charge < -0.3 is 9.42 Å². The molecule has 0 atom stereocenters. The Morgan fingerprint density at radius 1 is 1.09 bits per heavy atom. The molecule has 0 aliphatic carbocycles. The SMILES string of the molecule is CC(C)c1noc(CN2CCN(CC(=O)N3CCCC3)CC2)n1. The van der Waals surface area contributed by atoms with Crippen molar-refractivity contribution < 1.29 is 9.32 Å². The van der Waals surface area contributed by atoms with Crippen LogP contribution in [0.15, 0.2) is 4.52 Å². The summed E-state index contributed by atoms with van der Waals surface area (Å²) in [6, 6.07) is 0. The molecule has 1 aromatic rings. The molecule has 2 saturated heterocycles. The number of piperazine rings is 1. The van der Waals surface area contributed by atoms with Crippen LogP contribution in [0.5, 0.6) is 0 Å². The van der Waals surface area contributed by atoms with Crippen molar-refractivity contribution in [2.24, 2.45) is 0 Å². The van der Waals surface area contributed by atoms with E-state index in [9.17, 15) is 4.79 Å². The van der Waals surface area contributed by atoms with Gasteiger partial charge in [-0.25, -0.2) is 0 Å². The molecule has 0 radical (unpaired) electrons. The van der Waals surface area contributed by atoms with Crippen LogP contribution in [0.4, 0.5) is 0 Å². The number of likely N-dealkylation sites (tertiary alicyclic amines) is 1. The molecule has 3 heterocycles. The Bertz CT molecular complexity index is 516. The first-order chi connectivity index (χ1) is 11.1. The molecule has 2 fully saturated rings. The Hall–Kier alpha value is -1.47. The number of aromatic nitrogens is 2. The zero-order valence-corrected chi connectivity index (χ0v) is 14.2. The molecule has 0 bridgehead atoms. The maximum Gasteiger partial charge on any atom is 0.240 e. The summed E-state index contributed by atoms with van der Waals surface area (Å²) in [7, 11) is 0. The average Bonchev–Trinajstić information content (AvgIpc) is 3.20. The molecular weight excluding hydrogens is 294 g/mol. The lowest BCUT2D eigenvalue weighted by Gasteiger charge is -2.34. The Morgan fingerprint density at radius 3 is 2.35 bits per heavy atom. The highest BCUT2D eigenvalue weighted by Gasteiger charge is 2.24. The van der Waals surface area contributed by atoms with Gasteiger partial charge in [0.1, 0.15) is 0 Å². The van der Waals surface area contributed by atoms with Gasteiger partial charge >= 0.3 is 0 Å². The molecule has 1 amide bonds. The number of carbonyl (C=O) groups is 1. The van der Waals surface area contributed by atoms with Gasteiger partial charge in [0, 0.05) is 45.2 Å². The summed E-state index contributed by atoms with van der Waals surface area (Å²) in [4.78, 5) is 23.2. The molecule has 2 aliphatic heterocycles. The maximum absolute atomic E-state index is 12.2. The smallest absolute Gasteiger partial charge is 0.240 e. The van der Waals surface area contributed by atoms with Gasteiger partial charge in [-0.15, -0.1) is 0 Å². The van der Waals surface area contributed by atoms with E-state index in [1.807, 2.05) is 4.90 Å². The van der Waals surface area contributed by atoms with E-state index in [4.69, 9.17) is 4.52 Å². The number of amides is 1. The second kappa shape index (κ2) is 7.40. The topological polar surface area (TPSA) is 65.7 Å². The van der Waals surface area contributed by atoms with Gasteiger partial charge in [0.15, 0.2) is 5.82 Å². The number of nitrogens with zero attached hydrogens (tertiary/aromatic N) is 5. The van der Waals surface area contributed by atoms with E-state index in [0.29, 0.717) is 24.9 Å². The number of rotatable bonds is 5. The van der Waals surface area contributed by atoms with Gasteiger partial charge in [0.2, 0.25) is 11.8 Å². The van der Waals surface area contributed by atoms with Crippen molar-refractivity contribution in [1.29, 1.82) is 0 Å². The third-order valence-corrected chi connectivity index (χ3v) is 4.64. The fourth-order valence-electron chi connectivity index (χ4n) is 3.12. The highest BCUT2D eigenvalue weighted by atomic mass is 16.5. The number of hydrogen-bond acceptors (Lipinski definition) is 6. The predicted octanol–water partition coefficient (Wildman–Crippen LogP) is 0.933. The van der Waals surface area contributed by atoms with Crippen molar-refractivity contribution in [3.05, 3.63) is 11.7 Å². The summed E-state index contributed by atoms with van der Waals surface area (Å²) < 4.78 is 5.31. The molecule has 3 rings (SSSR count). The monoisotopic (exact) mass is 321 g/mol. The third kappa shape index (κ3) is 4.29. The van der Waals surface area contributed by atoms with Crippen molar-refractivity contribution in [2.75, 3.05) is 45.8 Å². The second-order valence-electron chi connectivity index (χ2n) is 6.84. The van der Waals surface area contributed by atoms with E-state index in [0.717, 1.165) is 57.9 Å². The van der Waals surface area contributed by atoms with E-state index < -0.39 is 0 Å². The Kier molecular flexibility index (Phi) is 5.27. The number of carbonyl (C=O) groups excluding carboxylic acids is 1. The molecule has 2 aliphatic rings. The summed E-state index contributed by atoms with van der Waals surface area (Å²) in [6.07, 6.45) is 2.31. The fraction of sp³-hybridized carbons (Fsp3) is 0.812. The van der Waals surface area contributed by atoms with Crippen LogP contribution in [0, 0.1) is 0 Å². The zero-order chi connectivity index (χ0) is 16.2. The summed E-state index contributed by atoms with van der Waals surface area (Å²) in [5.41, 5.74) is 0. The molecular formula is C16H27N5O2. The Balaban J connectivity index is 1.41. The van der Waals surface area contributed by atoms with E-state index in [-0.39, 0.29) is 5.91 Å². The first-order valence-corrected chi connectivity index (χ1v) is 8.67. The van der Waals surface area contributed by atoms with Gasteiger partial charge in [-0.2, -0.15) is 4.98 Å². The summed E-state index contributed by atoms with van der Waals surface area (Å²) >= 11 is 0. The standard InChI is InChI=1S/C16H27N5O2/c1-13(2)16-17-14(23-18-16)11-19-7-9-20(10-8-19)12-15(22)21-5-3-4-6-21/h13H,3-12H2,1-2H3. The molecule has 0 aromatic carbocycles. The second-order valence-corrected chi connectivity index (χ2v) is 6.84. The van der Waals surface area contributed by atoms with Crippen LogP contribution in [0.3, 0.4) is 0 Å². The van der Waals surface area contributed by atoms with Crippen LogP contribution >= 0.6 is 0 Å². The van der Waals surface area contributed by atoms with Crippen molar-refractivity contribution in [1.82, 2.24) is 24.8 Å². The largest absolute Gasteiger partial charge is 0.342 e. The van der Waals surface area contributed by atoms with Crippen LogP contribution in [-0.2, 0) is 11.3 Å². The predicted molar refractivity (Wildman–Crippen MR) is 85.9 cm³/mol. The van der Waals surface area contributed by atoms with Crippen LogP contribution in [0.2, 0.25) is 0 Å². The highest BCUT2D eigenvalue weighted by Crippen LogP contribution is 2.13. The van der Waals surface area contributed by atoms with E-state index in [1.54, 1.807) is 0 Å². The minimum Gasteiger partial charge on any atom is -0.342 e. The number of hydrogen-bond donors (Lipinski definition) is 0. The van der Waals surface area contributed by atoms with Crippen molar-refractivity contribution in [3.63, 3.8) is 0 Å². The van der Waals surface area contributed by atoms with E-state index >= 15 is 0 Å². The molecule has 1 aromatic heterocycles. The van der Waals surface area contributed by atoms with E-state index in [2.05, 4.69) is 33.8 Å². The van der Waals surface area contributed by atoms with Crippen LogP contribution in [-0.4, -0.2) is 76.6 Å². The first-order valence-electron chi connectivity index (χ1n) is 8.67. The third-order valence-electron chi connectivity index (χ3n) is 4.64. The summed E-state index contributed by atoms with van der Waals surface area (Å²) in [5, 5.41) is 4.01. The first kappa shape index (κ1) is 16.4. The molecule has 0 spiro atoms. The minimum absolute atomic E-state index is 0.287. The van der Waals surface area contributed by atoms with Crippen molar-refractivity contribution >= 4 is 5.91 Å². The quantitative estimate of drug-likeness (QED) is 0.804. The van der Waals surface area contributed by atoms with Crippen LogP contribution < -0.4 is 0 Å². The van der Waals surface area contributed by atoms with Crippen LogP contribution in [0.1, 0.15) is 44.3 Å². The van der Waals surface area contributed by atoms with Gasteiger partial charge in [-0.3, -0.25) is 14.6 Å².